The third-order valence-electron chi connectivity index (χ3n) is 9.01. The van der Waals surface area contributed by atoms with Crippen molar-refractivity contribution in [2.75, 3.05) is 0 Å². The van der Waals surface area contributed by atoms with Crippen molar-refractivity contribution in [1.29, 1.82) is 0 Å². The summed E-state index contributed by atoms with van der Waals surface area (Å²) >= 11 is 1.89. The van der Waals surface area contributed by atoms with Gasteiger partial charge in [0.05, 0.1) is 16.7 Å². The lowest BCUT2D eigenvalue weighted by molar-refractivity contribution is 1.18. The second-order valence-corrected chi connectivity index (χ2v) is 12.9. The number of rotatable bonds is 5. The summed E-state index contributed by atoms with van der Waals surface area (Å²) in [5.74, 6) is 0. The van der Waals surface area contributed by atoms with E-state index in [-0.39, 0.29) is 0 Å². The van der Waals surface area contributed by atoms with Gasteiger partial charge in [0.15, 0.2) is 0 Å². The van der Waals surface area contributed by atoms with E-state index in [4.69, 9.17) is 4.99 Å². The van der Waals surface area contributed by atoms with Crippen LogP contribution >= 0.6 is 11.3 Å². The van der Waals surface area contributed by atoms with Gasteiger partial charge in [-0.15, -0.1) is 11.3 Å². The Morgan fingerprint density at radius 3 is 2.16 bits per heavy atom. The highest BCUT2D eigenvalue weighted by Gasteiger charge is 2.19. The van der Waals surface area contributed by atoms with E-state index in [1.54, 1.807) is 0 Å². The van der Waals surface area contributed by atoms with Gasteiger partial charge in [0, 0.05) is 42.3 Å². The molecule has 0 amide bonds. The Labute approximate surface area is 267 Å². The lowest BCUT2D eigenvalue weighted by Gasteiger charge is -2.12. The Morgan fingerprint density at radius 2 is 1.36 bits per heavy atom. The van der Waals surface area contributed by atoms with Crippen molar-refractivity contribution < 1.29 is 0 Å². The lowest BCUT2D eigenvalue weighted by Crippen LogP contribution is -1.96. The maximum absolute atomic E-state index is 4.84. The molecule has 0 aliphatic rings. The van der Waals surface area contributed by atoms with Crippen molar-refractivity contribution in [3.63, 3.8) is 0 Å². The van der Waals surface area contributed by atoms with Gasteiger partial charge in [-0.25, -0.2) is 0 Å². The first-order chi connectivity index (χ1) is 22.0. The molecule has 0 spiro atoms. The van der Waals surface area contributed by atoms with Crippen LogP contribution in [-0.4, -0.2) is 10.3 Å². The summed E-state index contributed by atoms with van der Waals surface area (Å²) in [6.45, 7) is 10.8. The summed E-state index contributed by atoms with van der Waals surface area (Å²) in [5, 5.41) is 5.23. The van der Waals surface area contributed by atoms with Crippen LogP contribution in [0.4, 0.5) is 0 Å². The summed E-state index contributed by atoms with van der Waals surface area (Å²) in [6, 6.07) is 45.8. The first-order valence-electron chi connectivity index (χ1n) is 15.3. The number of hydrogen-bond donors (Lipinski definition) is 0. The quantitative estimate of drug-likeness (QED) is 0.176. The van der Waals surface area contributed by atoms with Gasteiger partial charge in [-0.2, -0.15) is 0 Å². The Morgan fingerprint density at radius 1 is 0.622 bits per heavy atom. The maximum Gasteiger partial charge on any atom is 0.0633 e. The van der Waals surface area contributed by atoms with Gasteiger partial charge in [0.25, 0.3) is 0 Å². The van der Waals surface area contributed by atoms with Crippen molar-refractivity contribution in [1.82, 2.24) is 4.57 Å². The topological polar surface area (TPSA) is 17.3 Å². The number of benzene rings is 6. The largest absolute Gasteiger partial charge is 0.309 e. The summed E-state index contributed by atoms with van der Waals surface area (Å²) in [6.07, 6.45) is 0. The Balaban J connectivity index is 1.34. The third kappa shape index (κ3) is 4.51. The fourth-order valence-corrected chi connectivity index (χ4v) is 7.95. The van der Waals surface area contributed by atoms with Crippen LogP contribution in [0.15, 0.2) is 139 Å². The van der Waals surface area contributed by atoms with Crippen molar-refractivity contribution in [2.24, 2.45) is 4.99 Å². The number of nitrogens with zero attached hydrogens (tertiary/aromatic N) is 2. The molecule has 0 aliphatic carbocycles. The van der Waals surface area contributed by atoms with Crippen LogP contribution in [0.5, 0.6) is 0 Å². The smallest absolute Gasteiger partial charge is 0.0633 e. The highest BCUT2D eigenvalue weighted by atomic mass is 32.1. The molecule has 0 fully saturated rings. The molecule has 8 aromatic rings. The molecule has 6 aromatic carbocycles. The van der Waals surface area contributed by atoms with E-state index in [1.165, 1.54) is 64.2 Å². The van der Waals surface area contributed by atoms with Crippen molar-refractivity contribution in [2.45, 2.75) is 20.8 Å². The van der Waals surface area contributed by atoms with E-state index in [1.807, 2.05) is 36.5 Å². The molecule has 0 atom stereocenters. The molecule has 0 aliphatic heterocycles. The average Bonchev–Trinajstić information content (AvgIpc) is 3.60. The minimum absolute atomic E-state index is 0.760. The molecule has 0 saturated carbocycles. The van der Waals surface area contributed by atoms with Crippen LogP contribution in [0, 0.1) is 13.8 Å². The van der Waals surface area contributed by atoms with Crippen LogP contribution in [0.1, 0.15) is 29.2 Å². The van der Waals surface area contributed by atoms with Crippen LogP contribution in [0.25, 0.3) is 64.5 Å². The molecule has 0 saturated heterocycles. The second kappa shape index (κ2) is 10.7. The minimum Gasteiger partial charge on any atom is -0.309 e. The van der Waals surface area contributed by atoms with Crippen LogP contribution in [-0.2, 0) is 0 Å². The summed E-state index contributed by atoms with van der Waals surface area (Å²) in [4.78, 5) is 4.84. The van der Waals surface area contributed by atoms with Gasteiger partial charge in [-0.3, -0.25) is 4.99 Å². The predicted octanol–water partition coefficient (Wildman–Crippen LogP) is 11.9. The van der Waals surface area contributed by atoms with E-state index in [9.17, 15) is 0 Å². The summed E-state index contributed by atoms with van der Waals surface area (Å²) < 4.78 is 5.09. The van der Waals surface area contributed by atoms with E-state index in [2.05, 4.69) is 134 Å². The molecule has 2 aromatic heterocycles. The molecule has 8 rings (SSSR count). The molecule has 3 heteroatoms. The Hall–Kier alpha value is -5.25. The molecule has 2 heterocycles. The number of hydrogen-bond acceptors (Lipinski definition) is 2. The van der Waals surface area contributed by atoms with Gasteiger partial charge < -0.3 is 4.57 Å². The van der Waals surface area contributed by atoms with E-state index >= 15 is 0 Å². The van der Waals surface area contributed by atoms with E-state index in [0.29, 0.717) is 0 Å². The monoisotopic (exact) mass is 596 g/mol. The Bertz CT molecular complexity index is 2460. The first kappa shape index (κ1) is 27.3. The molecular formula is C42H32N2S. The molecule has 0 bridgehead atoms. The SMILES string of the molecule is C=C(N=C(C)c1ccccc1)c1ccc(-n2c3cc(C)c(-c4ccccc4C)cc3c3c4sc5ccccc5c4ccc32)cc1. The van der Waals surface area contributed by atoms with E-state index in [0.717, 1.165) is 28.2 Å². The van der Waals surface area contributed by atoms with Gasteiger partial charge in [-0.1, -0.05) is 97.6 Å². The highest BCUT2D eigenvalue weighted by Crippen LogP contribution is 2.45. The molecule has 216 valence electrons. The van der Waals surface area contributed by atoms with Gasteiger partial charge in [-0.05, 0) is 90.6 Å². The molecule has 0 N–H and O–H groups in total. The number of aryl methyl sites for hydroxylation is 2. The zero-order valence-corrected chi connectivity index (χ0v) is 26.5. The minimum atomic E-state index is 0.760. The normalized spacial score (nSPS) is 12.1. The number of thiophene rings is 1. The van der Waals surface area contributed by atoms with Crippen LogP contribution < -0.4 is 0 Å². The second-order valence-electron chi connectivity index (χ2n) is 11.8. The van der Waals surface area contributed by atoms with Crippen molar-refractivity contribution in [3.05, 3.63) is 156 Å². The van der Waals surface area contributed by atoms with E-state index < -0.39 is 0 Å². The molecule has 2 nitrogen and oxygen atoms in total. The third-order valence-corrected chi connectivity index (χ3v) is 10.2. The number of fused-ring (bicyclic) bond motifs is 7. The Kier molecular flexibility index (Phi) is 6.51. The number of aromatic nitrogens is 1. The summed E-state index contributed by atoms with van der Waals surface area (Å²) in [5.41, 5.74) is 12.5. The zero-order chi connectivity index (χ0) is 30.7. The maximum atomic E-state index is 4.84. The molecule has 0 radical (unpaired) electrons. The lowest BCUT2D eigenvalue weighted by atomic mass is 9.94. The van der Waals surface area contributed by atoms with Crippen LogP contribution in [0.2, 0.25) is 0 Å². The van der Waals surface area contributed by atoms with Crippen LogP contribution in [0.3, 0.4) is 0 Å². The highest BCUT2D eigenvalue weighted by molar-refractivity contribution is 7.26. The molecular weight excluding hydrogens is 565 g/mol. The van der Waals surface area contributed by atoms with Crippen molar-refractivity contribution >= 4 is 64.7 Å². The van der Waals surface area contributed by atoms with Gasteiger partial charge in [0.2, 0.25) is 0 Å². The van der Waals surface area contributed by atoms with Crippen molar-refractivity contribution in [3.8, 4) is 16.8 Å². The predicted molar refractivity (Wildman–Crippen MR) is 196 cm³/mol. The summed E-state index contributed by atoms with van der Waals surface area (Å²) in [7, 11) is 0. The fourth-order valence-electron chi connectivity index (χ4n) is 6.69. The van der Waals surface area contributed by atoms with Gasteiger partial charge in [0.1, 0.15) is 0 Å². The van der Waals surface area contributed by atoms with Gasteiger partial charge >= 0.3 is 0 Å². The molecule has 0 unspecified atom stereocenters. The first-order valence-corrected chi connectivity index (χ1v) is 16.1. The average molecular weight is 597 g/mol. The zero-order valence-electron chi connectivity index (χ0n) is 25.6. The standard InChI is InChI=1S/C42H32N2S/c1-26-12-8-9-15-33(26)36-25-37-39(24-27(36)2)44(38-23-22-35-34-16-10-11-17-40(34)45-42(35)41(37)38)32-20-18-31(19-21-32)29(4)43-28(3)30-13-6-5-7-14-30/h5-25H,4H2,1-3H3. The number of aliphatic imine (C=N–C) groups is 1. The fraction of sp³-hybridized carbons (Fsp3) is 0.0714. The molecule has 45 heavy (non-hydrogen) atoms.